The van der Waals surface area contributed by atoms with E-state index in [4.69, 9.17) is 17.3 Å². The van der Waals surface area contributed by atoms with Gasteiger partial charge in [-0.2, -0.15) is 0 Å². The monoisotopic (exact) mass is 328 g/mol. The molecular weight excluding hydrogens is 304 g/mol. The molecule has 0 spiro atoms. The molecule has 2 N–H and O–H groups in total. The van der Waals surface area contributed by atoms with Gasteiger partial charge in [-0.15, -0.1) is 0 Å². The zero-order valence-electron chi connectivity index (χ0n) is 13.7. The fourth-order valence-electron chi connectivity index (χ4n) is 3.69. The quantitative estimate of drug-likeness (QED) is 0.917. The van der Waals surface area contributed by atoms with Crippen molar-refractivity contribution in [3.8, 4) is 0 Å². The molecule has 1 aliphatic rings. The average Bonchev–Trinajstić information content (AvgIpc) is 2.46. The summed E-state index contributed by atoms with van der Waals surface area (Å²) in [5.74, 6) is 0.599. The standard InChI is InChI=1S/C20H25ClN2/c1-15-4-2-6-17(8-15)12-23-13-18(11-20(22)14-23)9-16-5-3-7-19(21)10-16/h2-8,10,18,20H,9,11-14,22H2,1H3. The maximum atomic E-state index is 6.31. The van der Waals surface area contributed by atoms with Gasteiger partial charge in [0.2, 0.25) is 0 Å². The number of hydrogen-bond acceptors (Lipinski definition) is 2. The lowest BCUT2D eigenvalue weighted by Gasteiger charge is -2.36. The number of aryl methyl sites for hydroxylation is 1. The predicted octanol–water partition coefficient (Wildman–Crippen LogP) is 4.04. The van der Waals surface area contributed by atoms with Gasteiger partial charge in [-0.05, 0) is 48.9 Å². The van der Waals surface area contributed by atoms with Crippen LogP contribution in [-0.2, 0) is 13.0 Å². The summed E-state index contributed by atoms with van der Waals surface area (Å²) in [5, 5.41) is 0.819. The topological polar surface area (TPSA) is 29.3 Å². The molecule has 122 valence electrons. The molecule has 0 bridgehead atoms. The SMILES string of the molecule is Cc1cccc(CN2CC(N)CC(Cc3cccc(Cl)c3)C2)c1. The first kappa shape index (κ1) is 16.5. The largest absolute Gasteiger partial charge is 0.327 e. The van der Waals surface area contributed by atoms with Gasteiger partial charge in [-0.1, -0.05) is 53.6 Å². The van der Waals surface area contributed by atoms with Crippen molar-refractivity contribution in [3.05, 3.63) is 70.2 Å². The normalized spacial score (nSPS) is 22.2. The molecule has 0 saturated carbocycles. The molecule has 0 aromatic heterocycles. The van der Waals surface area contributed by atoms with Gasteiger partial charge in [0.25, 0.3) is 0 Å². The van der Waals surface area contributed by atoms with Crippen molar-refractivity contribution < 1.29 is 0 Å². The minimum atomic E-state index is 0.262. The van der Waals surface area contributed by atoms with Gasteiger partial charge >= 0.3 is 0 Å². The Kier molecular flexibility index (Phi) is 5.37. The lowest BCUT2D eigenvalue weighted by atomic mass is 9.89. The lowest BCUT2D eigenvalue weighted by molar-refractivity contribution is 0.149. The second-order valence-electron chi connectivity index (χ2n) is 6.88. The van der Waals surface area contributed by atoms with Crippen LogP contribution in [0.15, 0.2) is 48.5 Å². The van der Waals surface area contributed by atoms with Crippen LogP contribution in [0.1, 0.15) is 23.1 Å². The second-order valence-corrected chi connectivity index (χ2v) is 7.32. The second kappa shape index (κ2) is 7.48. The van der Waals surface area contributed by atoms with Crippen molar-refractivity contribution in [2.75, 3.05) is 13.1 Å². The minimum absolute atomic E-state index is 0.262. The van der Waals surface area contributed by atoms with Crippen LogP contribution in [-0.4, -0.2) is 24.0 Å². The Balaban J connectivity index is 1.64. The Morgan fingerprint density at radius 3 is 2.65 bits per heavy atom. The summed E-state index contributed by atoms with van der Waals surface area (Å²) in [6, 6.07) is 17.2. The Labute approximate surface area is 144 Å². The molecule has 1 heterocycles. The van der Waals surface area contributed by atoms with Gasteiger partial charge < -0.3 is 5.73 Å². The van der Waals surface area contributed by atoms with E-state index in [-0.39, 0.29) is 6.04 Å². The van der Waals surface area contributed by atoms with Gasteiger partial charge in [0.05, 0.1) is 0 Å². The van der Waals surface area contributed by atoms with E-state index in [1.807, 2.05) is 12.1 Å². The third-order valence-corrected chi connectivity index (χ3v) is 4.78. The van der Waals surface area contributed by atoms with Crippen molar-refractivity contribution in [3.63, 3.8) is 0 Å². The highest BCUT2D eigenvalue weighted by Gasteiger charge is 2.25. The maximum absolute atomic E-state index is 6.31. The highest BCUT2D eigenvalue weighted by molar-refractivity contribution is 6.30. The molecule has 3 heteroatoms. The summed E-state index contributed by atoms with van der Waals surface area (Å²) in [4.78, 5) is 2.50. The smallest absolute Gasteiger partial charge is 0.0408 e. The number of piperidine rings is 1. The summed E-state index contributed by atoms with van der Waals surface area (Å²) in [5.41, 5.74) is 10.3. The van der Waals surface area contributed by atoms with E-state index >= 15 is 0 Å². The number of hydrogen-bond donors (Lipinski definition) is 1. The van der Waals surface area contributed by atoms with Gasteiger partial charge in [-0.3, -0.25) is 4.90 Å². The molecule has 2 unspecified atom stereocenters. The number of rotatable bonds is 4. The maximum Gasteiger partial charge on any atom is 0.0408 e. The van der Waals surface area contributed by atoms with E-state index in [0.29, 0.717) is 5.92 Å². The van der Waals surface area contributed by atoms with Gasteiger partial charge in [-0.25, -0.2) is 0 Å². The summed E-state index contributed by atoms with van der Waals surface area (Å²) in [6.45, 7) is 5.23. The van der Waals surface area contributed by atoms with Crippen LogP contribution < -0.4 is 5.73 Å². The van der Waals surface area contributed by atoms with E-state index in [1.54, 1.807) is 0 Å². The Bertz CT molecular complexity index is 600. The van der Waals surface area contributed by atoms with Crippen molar-refractivity contribution in [2.24, 2.45) is 11.7 Å². The molecule has 0 amide bonds. The average molecular weight is 329 g/mol. The van der Waals surface area contributed by atoms with E-state index < -0.39 is 0 Å². The first-order valence-electron chi connectivity index (χ1n) is 8.36. The van der Waals surface area contributed by atoms with Gasteiger partial charge in [0, 0.05) is 30.7 Å². The Morgan fingerprint density at radius 2 is 1.87 bits per heavy atom. The number of benzene rings is 2. The van der Waals surface area contributed by atoms with Crippen LogP contribution >= 0.6 is 11.6 Å². The molecule has 2 aromatic carbocycles. The predicted molar refractivity (Wildman–Crippen MR) is 97.7 cm³/mol. The highest BCUT2D eigenvalue weighted by atomic mass is 35.5. The molecular formula is C20H25ClN2. The molecule has 0 aliphatic carbocycles. The molecule has 2 atom stereocenters. The highest BCUT2D eigenvalue weighted by Crippen LogP contribution is 2.23. The molecule has 3 rings (SSSR count). The van der Waals surface area contributed by atoms with E-state index in [1.165, 1.54) is 16.7 Å². The summed E-state index contributed by atoms with van der Waals surface area (Å²) < 4.78 is 0. The molecule has 1 fully saturated rings. The summed E-state index contributed by atoms with van der Waals surface area (Å²) in [6.07, 6.45) is 2.15. The van der Waals surface area contributed by atoms with Crippen molar-refractivity contribution in [2.45, 2.75) is 32.4 Å². The van der Waals surface area contributed by atoms with Gasteiger partial charge in [0.1, 0.15) is 0 Å². The summed E-state index contributed by atoms with van der Waals surface area (Å²) >= 11 is 6.11. The van der Waals surface area contributed by atoms with Crippen LogP contribution in [0.2, 0.25) is 5.02 Å². The first-order chi connectivity index (χ1) is 11.1. The van der Waals surface area contributed by atoms with Crippen LogP contribution in [0, 0.1) is 12.8 Å². The van der Waals surface area contributed by atoms with Crippen LogP contribution in [0.3, 0.4) is 0 Å². The molecule has 23 heavy (non-hydrogen) atoms. The zero-order chi connectivity index (χ0) is 16.2. The van der Waals surface area contributed by atoms with Crippen molar-refractivity contribution in [1.82, 2.24) is 4.90 Å². The van der Waals surface area contributed by atoms with Gasteiger partial charge in [0.15, 0.2) is 0 Å². The van der Waals surface area contributed by atoms with Crippen molar-refractivity contribution in [1.29, 1.82) is 0 Å². The molecule has 1 aliphatic heterocycles. The minimum Gasteiger partial charge on any atom is -0.327 e. The number of likely N-dealkylation sites (tertiary alicyclic amines) is 1. The molecule has 2 aromatic rings. The summed E-state index contributed by atoms with van der Waals surface area (Å²) in [7, 11) is 0. The first-order valence-corrected chi connectivity index (χ1v) is 8.74. The molecule has 1 saturated heterocycles. The van der Waals surface area contributed by atoms with Crippen LogP contribution in [0.4, 0.5) is 0 Å². The van der Waals surface area contributed by atoms with E-state index in [0.717, 1.165) is 37.5 Å². The van der Waals surface area contributed by atoms with E-state index in [9.17, 15) is 0 Å². The number of nitrogens with two attached hydrogens (primary N) is 1. The number of nitrogens with zero attached hydrogens (tertiary/aromatic N) is 1. The molecule has 0 radical (unpaired) electrons. The Hall–Kier alpha value is -1.35. The fraction of sp³-hybridized carbons (Fsp3) is 0.400. The van der Waals surface area contributed by atoms with E-state index in [2.05, 4.69) is 48.2 Å². The lowest BCUT2D eigenvalue weighted by Crippen LogP contribution is -2.47. The molecule has 2 nitrogen and oxygen atoms in total. The van der Waals surface area contributed by atoms with Crippen LogP contribution in [0.5, 0.6) is 0 Å². The van der Waals surface area contributed by atoms with Crippen LogP contribution in [0.25, 0.3) is 0 Å². The Morgan fingerprint density at radius 1 is 1.09 bits per heavy atom. The zero-order valence-corrected chi connectivity index (χ0v) is 14.5. The number of halogens is 1. The fourth-order valence-corrected chi connectivity index (χ4v) is 3.90. The third-order valence-electron chi connectivity index (χ3n) is 4.55. The third kappa shape index (κ3) is 4.81. The van der Waals surface area contributed by atoms with Crippen molar-refractivity contribution >= 4 is 11.6 Å².